The Hall–Kier alpha value is -2.37. The van der Waals surface area contributed by atoms with Gasteiger partial charge in [-0.15, -0.1) is 23.4 Å². The number of nitrogens with one attached hydrogen (secondary N) is 1. The van der Waals surface area contributed by atoms with Gasteiger partial charge in [0.25, 0.3) is 5.91 Å². The summed E-state index contributed by atoms with van der Waals surface area (Å²) in [6, 6.07) is 6.50. The maximum atomic E-state index is 12.1. The highest BCUT2D eigenvalue weighted by molar-refractivity contribution is 6.30. The van der Waals surface area contributed by atoms with Crippen molar-refractivity contribution in [1.29, 1.82) is 0 Å². The van der Waals surface area contributed by atoms with Gasteiger partial charge in [-0.3, -0.25) is 9.53 Å². The molecule has 0 radical (unpaired) electrons. The van der Waals surface area contributed by atoms with Crippen LogP contribution in [0.4, 0.5) is 13.2 Å². The van der Waals surface area contributed by atoms with E-state index in [1.54, 1.807) is 24.3 Å². The molecule has 1 aliphatic heterocycles. The number of halogens is 4. The molecule has 1 aliphatic rings. The lowest BCUT2D eigenvalue weighted by Crippen LogP contribution is -2.43. The molecule has 31 heavy (non-hydrogen) atoms. The van der Waals surface area contributed by atoms with Gasteiger partial charge >= 0.3 is 6.36 Å². The van der Waals surface area contributed by atoms with Crippen molar-refractivity contribution in [2.24, 2.45) is 0 Å². The van der Waals surface area contributed by atoms with Gasteiger partial charge in [-0.05, 0) is 43.5 Å². The zero-order valence-electron chi connectivity index (χ0n) is 16.4. The molecule has 170 valence electrons. The second kappa shape index (κ2) is 10.8. The average molecular weight is 464 g/mol. The van der Waals surface area contributed by atoms with Gasteiger partial charge in [0.05, 0.1) is 19.3 Å². The van der Waals surface area contributed by atoms with Crippen molar-refractivity contribution in [3.63, 3.8) is 0 Å². The summed E-state index contributed by atoms with van der Waals surface area (Å²) in [6.45, 7) is -0.356. The van der Waals surface area contributed by atoms with Crippen molar-refractivity contribution >= 4 is 17.5 Å². The lowest BCUT2D eigenvalue weighted by atomic mass is 10.0. The van der Waals surface area contributed by atoms with E-state index in [0.717, 1.165) is 0 Å². The smallest absolute Gasteiger partial charge is 0.484 e. The highest BCUT2D eigenvalue weighted by Crippen LogP contribution is 2.27. The number of carbonyl (C=O) groups excluding carboxylic acids is 1. The Morgan fingerprint density at radius 1 is 1.23 bits per heavy atom. The van der Waals surface area contributed by atoms with Crippen LogP contribution >= 0.6 is 11.6 Å². The Morgan fingerprint density at radius 3 is 2.68 bits per heavy atom. The third-order valence-corrected chi connectivity index (χ3v) is 4.64. The summed E-state index contributed by atoms with van der Waals surface area (Å²) in [5.74, 6) is 0.751. The molecule has 8 nitrogen and oxygen atoms in total. The quantitative estimate of drug-likeness (QED) is 0.567. The molecule has 1 aromatic carbocycles. The highest BCUT2D eigenvalue weighted by Gasteiger charge is 2.29. The van der Waals surface area contributed by atoms with E-state index in [4.69, 9.17) is 25.5 Å². The standard InChI is InChI=1S/C19H21ClF3N3O5/c20-12-3-6-14(7-4-12)28-11-16(27)24-13-5-8-15(29-10-13)18-26-25-17(31-18)2-1-9-30-19(21,22)23/h3-4,6-7,13,15H,1-2,5,8-11H2,(H,24,27)/t13-,15+/m0/s1. The summed E-state index contributed by atoms with van der Waals surface area (Å²) in [5, 5.41) is 11.1. The number of alkyl halides is 3. The van der Waals surface area contributed by atoms with Crippen molar-refractivity contribution in [3.8, 4) is 5.75 Å². The third-order valence-electron chi connectivity index (χ3n) is 4.38. The number of rotatable bonds is 9. The van der Waals surface area contributed by atoms with Crippen LogP contribution in [0, 0.1) is 0 Å². The summed E-state index contributed by atoms with van der Waals surface area (Å²) in [4.78, 5) is 12.1. The molecular formula is C19H21ClF3N3O5. The van der Waals surface area contributed by atoms with Crippen LogP contribution in [0.2, 0.25) is 5.02 Å². The van der Waals surface area contributed by atoms with Crippen molar-refractivity contribution < 1.29 is 36.6 Å². The number of ether oxygens (including phenoxy) is 3. The fraction of sp³-hybridized carbons (Fsp3) is 0.526. The van der Waals surface area contributed by atoms with Gasteiger partial charge in [-0.2, -0.15) is 0 Å². The molecule has 1 saturated heterocycles. The Bertz CT molecular complexity index is 839. The monoisotopic (exact) mass is 463 g/mol. The molecule has 0 unspecified atom stereocenters. The number of nitrogens with zero attached hydrogens (tertiary/aromatic N) is 2. The molecule has 1 aromatic heterocycles. The first-order valence-corrected chi connectivity index (χ1v) is 9.98. The zero-order valence-corrected chi connectivity index (χ0v) is 17.1. The first kappa shape index (κ1) is 23.3. The Kier molecular flexibility index (Phi) is 8.10. The second-order valence-electron chi connectivity index (χ2n) is 6.84. The van der Waals surface area contributed by atoms with Crippen LogP contribution in [-0.2, 0) is 20.7 Å². The Balaban J connectivity index is 1.35. The Labute approximate surface area is 181 Å². The van der Waals surface area contributed by atoms with Gasteiger partial charge in [0.15, 0.2) is 6.61 Å². The molecule has 2 atom stereocenters. The number of carbonyl (C=O) groups is 1. The number of aromatic nitrogens is 2. The maximum Gasteiger partial charge on any atom is 0.522 e. The third kappa shape index (κ3) is 8.00. The van der Waals surface area contributed by atoms with Crippen LogP contribution in [0.25, 0.3) is 0 Å². The van der Waals surface area contributed by atoms with Crippen molar-refractivity contribution in [1.82, 2.24) is 15.5 Å². The lowest BCUT2D eigenvalue weighted by molar-refractivity contribution is -0.324. The summed E-state index contributed by atoms with van der Waals surface area (Å²) in [7, 11) is 0. The van der Waals surface area contributed by atoms with E-state index in [2.05, 4.69) is 20.3 Å². The van der Waals surface area contributed by atoms with Crippen LogP contribution in [0.1, 0.15) is 37.1 Å². The molecule has 12 heteroatoms. The first-order valence-electron chi connectivity index (χ1n) is 9.61. The molecule has 1 N–H and O–H groups in total. The number of aryl methyl sites for hydroxylation is 1. The maximum absolute atomic E-state index is 12.1. The molecule has 0 saturated carbocycles. The minimum Gasteiger partial charge on any atom is -0.484 e. The van der Waals surface area contributed by atoms with E-state index in [-0.39, 0.29) is 49.8 Å². The van der Waals surface area contributed by atoms with Crippen LogP contribution < -0.4 is 10.1 Å². The van der Waals surface area contributed by atoms with E-state index in [1.165, 1.54) is 0 Å². The largest absolute Gasteiger partial charge is 0.522 e. The van der Waals surface area contributed by atoms with E-state index in [9.17, 15) is 18.0 Å². The topological polar surface area (TPSA) is 95.7 Å². The molecule has 2 aromatic rings. The number of hydrogen-bond acceptors (Lipinski definition) is 7. The Morgan fingerprint density at radius 2 is 2.00 bits per heavy atom. The van der Waals surface area contributed by atoms with Crippen LogP contribution in [0.3, 0.4) is 0 Å². The molecule has 1 fully saturated rings. The van der Waals surface area contributed by atoms with Crippen LogP contribution in [0.5, 0.6) is 5.75 Å². The fourth-order valence-electron chi connectivity index (χ4n) is 2.92. The van der Waals surface area contributed by atoms with Gasteiger partial charge in [0, 0.05) is 11.4 Å². The first-order chi connectivity index (χ1) is 14.8. The number of benzene rings is 1. The molecule has 1 amide bonds. The van der Waals surface area contributed by atoms with E-state index < -0.39 is 19.1 Å². The van der Waals surface area contributed by atoms with Gasteiger partial charge in [-0.1, -0.05) is 11.6 Å². The molecule has 2 heterocycles. The minimum absolute atomic E-state index is 0.0961. The van der Waals surface area contributed by atoms with E-state index in [1.807, 2.05) is 0 Å². The second-order valence-corrected chi connectivity index (χ2v) is 7.27. The predicted molar refractivity (Wildman–Crippen MR) is 101 cm³/mol. The normalized spacial score (nSPS) is 19.2. The van der Waals surface area contributed by atoms with Crippen LogP contribution in [-0.4, -0.2) is 48.3 Å². The highest BCUT2D eigenvalue weighted by atomic mass is 35.5. The van der Waals surface area contributed by atoms with Crippen molar-refractivity contribution in [2.75, 3.05) is 19.8 Å². The lowest BCUT2D eigenvalue weighted by Gasteiger charge is -2.27. The fourth-order valence-corrected chi connectivity index (χ4v) is 3.04. The molecular weight excluding hydrogens is 443 g/mol. The zero-order chi connectivity index (χ0) is 22.3. The molecule has 0 bridgehead atoms. The average Bonchev–Trinajstić information content (AvgIpc) is 3.20. The van der Waals surface area contributed by atoms with Crippen LogP contribution in [0.15, 0.2) is 28.7 Å². The molecule has 0 aliphatic carbocycles. The molecule has 0 spiro atoms. The summed E-state index contributed by atoms with van der Waals surface area (Å²) < 4.78 is 56.1. The summed E-state index contributed by atoms with van der Waals surface area (Å²) in [5.41, 5.74) is 0. The van der Waals surface area contributed by atoms with Crippen molar-refractivity contribution in [3.05, 3.63) is 41.1 Å². The van der Waals surface area contributed by atoms with E-state index >= 15 is 0 Å². The molecule has 3 rings (SSSR count). The minimum atomic E-state index is -4.65. The number of amides is 1. The van der Waals surface area contributed by atoms with Gasteiger partial charge in [0.2, 0.25) is 11.8 Å². The van der Waals surface area contributed by atoms with Gasteiger partial charge in [0.1, 0.15) is 11.9 Å². The summed E-state index contributed by atoms with van der Waals surface area (Å²) in [6.07, 6.45) is -3.63. The van der Waals surface area contributed by atoms with Crippen molar-refractivity contribution in [2.45, 2.75) is 44.2 Å². The predicted octanol–water partition coefficient (Wildman–Crippen LogP) is 3.61. The van der Waals surface area contributed by atoms with Gasteiger partial charge < -0.3 is 19.2 Å². The SMILES string of the molecule is O=C(COc1ccc(Cl)cc1)N[C@H]1CC[C@H](c2nnc(CCCOC(F)(F)F)o2)OC1. The number of hydrogen-bond donors (Lipinski definition) is 1. The van der Waals surface area contributed by atoms with Gasteiger partial charge in [-0.25, -0.2) is 0 Å². The summed E-state index contributed by atoms with van der Waals surface area (Å²) >= 11 is 5.80. The van der Waals surface area contributed by atoms with E-state index in [0.29, 0.717) is 23.6 Å².